The molecule has 6 nitrogen and oxygen atoms in total. The number of hydrogen-bond acceptors (Lipinski definition) is 7. The SMILES string of the molecule is Cc1cc2c(OCCCN(C)C)nc(NN)nc2s1. The summed E-state index contributed by atoms with van der Waals surface area (Å²) in [6, 6.07) is 2.04. The highest BCUT2D eigenvalue weighted by Crippen LogP contribution is 2.30. The Balaban J connectivity index is 2.15. The first-order valence-corrected chi connectivity index (χ1v) is 6.94. The van der Waals surface area contributed by atoms with Gasteiger partial charge in [0.25, 0.3) is 0 Å². The van der Waals surface area contributed by atoms with Gasteiger partial charge in [0.05, 0.1) is 12.0 Å². The van der Waals surface area contributed by atoms with Gasteiger partial charge in [-0.2, -0.15) is 4.98 Å². The molecule has 0 bridgehead atoms. The van der Waals surface area contributed by atoms with E-state index in [2.05, 4.69) is 20.3 Å². The molecule has 104 valence electrons. The number of anilines is 1. The zero-order valence-corrected chi connectivity index (χ0v) is 12.3. The minimum Gasteiger partial charge on any atom is -0.477 e. The van der Waals surface area contributed by atoms with E-state index in [0.717, 1.165) is 23.2 Å². The molecule has 0 amide bonds. The fourth-order valence-corrected chi connectivity index (χ4v) is 2.61. The van der Waals surface area contributed by atoms with Crippen molar-refractivity contribution in [2.75, 3.05) is 32.7 Å². The van der Waals surface area contributed by atoms with Crippen molar-refractivity contribution in [3.8, 4) is 5.88 Å². The standard InChI is InChI=1S/C12H19N5OS/c1-8-7-9-10(18-6-4-5-17(2)3)14-12(16-13)15-11(9)19-8/h7H,4-6,13H2,1-3H3,(H,14,15,16). The number of thiophene rings is 1. The first-order chi connectivity index (χ1) is 9.10. The molecule has 2 heterocycles. The highest BCUT2D eigenvalue weighted by Gasteiger charge is 2.11. The second kappa shape index (κ2) is 6.14. The maximum absolute atomic E-state index is 5.76. The summed E-state index contributed by atoms with van der Waals surface area (Å²) in [6.07, 6.45) is 0.951. The molecule has 0 radical (unpaired) electrons. The Kier molecular flexibility index (Phi) is 4.52. The molecule has 0 aliphatic rings. The summed E-state index contributed by atoms with van der Waals surface area (Å²) < 4.78 is 5.76. The quantitative estimate of drug-likeness (QED) is 0.476. The van der Waals surface area contributed by atoms with Crippen molar-refractivity contribution in [2.24, 2.45) is 5.84 Å². The molecule has 0 aliphatic carbocycles. The fourth-order valence-electron chi connectivity index (χ4n) is 1.74. The van der Waals surface area contributed by atoms with Gasteiger partial charge in [0.2, 0.25) is 11.8 Å². The van der Waals surface area contributed by atoms with Crippen LogP contribution in [-0.4, -0.2) is 42.1 Å². The average Bonchev–Trinajstić information content (AvgIpc) is 2.74. The van der Waals surface area contributed by atoms with E-state index in [-0.39, 0.29) is 0 Å². The third-order valence-electron chi connectivity index (χ3n) is 2.60. The second-order valence-corrected chi connectivity index (χ2v) is 5.81. The maximum Gasteiger partial charge on any atom is 0.241 e. The van der Waals surface area contributed by atoms with Gasteiger partial charge in [-0.3, -0.25) is 5.43 Å². The van der Waals surface area contributed by atoms with Gasteiger partial charge < -0.3 is 9.64 Å². The zero-order chi connectivity index (χ0) is 13.8. The number of aromatic nitrogens is 2. The Morgan fingerprint density at radius 1 is 1.42 bits per heavy atom. The predicted molar refractivity (Wildman–Crippen MR) is 78.6 cm³/mol. The minimum absolute atomic E-state index is 0.386. The maximum atomic E-state index is 5.76. The molecule has 2 aromatic heterocycles. The van der Waals surface area contributed by atoms with Gasteiger partial charge in [0.1, 0.15) is 4.83 Å². The molecule has 2 rings (SSSR count). The van der Waals surface area contributed by atoms with E-state index in [9.17, 15) is 0 Å². The second-order valence-electron chi connectivity index (χ2n) is 4.58. The number of nitrogen functional groups attached to an aromatic ring is 1. The van der Waals surface area contributed by atoms with Crippen molar-refractivity contribution in [1.29, 1.82) is 0 Å². The number of fused-ring (bicyclic) bond motifs is 1. The number of hydrogen-bond donors (Lipinski definition) is 2. The van der Waals surface area contributed by atoms with Crippen LogP contribution in [0.1, 0.15) is 11.3 Å². The van der Waals surface area contributed by atoms with E-state index in [1.165, 1.54) is 4.88 Å². The van der Waals surface area contributed by atoms with Crippen LogP contribution in [0.15, 0.2) is 6.07 Å². The Labute approximate surface area is 116 Å². The summed E-state index contributed by atoms with van der Waals surface area (Å²) in [5.74, 6) is 6.36. The number of aryl methyl sites for hydroxylation is 1. The molecular formula is C12H19N5OS. The molecule has 0 saturated heterocycles. The number of hydrazine groups is 1. The van der Waals surface area contributed by atoms with Gasteiger partial charge in [-0.05, 0) is 33.5 Å². The molecule has 0 aromatic carbocycles. The van der Waals surface area contributed by atoms with Crippen LogP contribution in [0.4, 0.5) is 5.95 Å². The van der Waals surface area contributed by atoms with Crippen LogP contribution in [0.5, 0.6) is 5.88 Å². The summed E-state index contributed by atoms with van der Waals surface area (Å²) in [4.78, 5) is 12.8. The summed E-state index contributed by atoms with van der Waals surface area (Å²) in [7, 11) is 4.09. The van der Waals surface area contributed by atoms with Crippen molar-refractivity contribution >= 4 is 27.5 Å². The van der Waals surface area contributed by atoms with Crippen molar-refractivity contribution in [2.45, 2.75) is 13.3 Å². The van der Waals surface area contributed by atoms with Gasteiger partial charge in [-0.25, -0.2) is 10.8 Å². The molecule has 0 fully saturated rings. The molecule has 0 saturated carbocycles. The van der Waals surface area contributed by atoms with E-state index in [1.54, 1.807) is 11.3 Å². The first-order valence-electron chi connectivity index (χ1n) is 6.12. The molecular weight excluding hydrogens is 262 g/mol. The van der Waals surface area contributed by atoms with E-state index in [1.807, 2.05) is 27.1 Å². The van der Waals surface area contributed by atoms with Crippen LogP contribution < -0.4 is 16.0 Å². The van der Waals surface area contributed by atoms with Gasteiger partial charge in [0.15, 0.2) is 0 Å². The lowest BCUT2D eigenvalue weighted by Crippen LogP contribution is -2.16. The highest BCUT2D eigenvalue weighted by atomic mass is 32.1. The van der Waals surface area contributed by atoms with Crippen molar-refractivity contribution in [3.05, 3.63) is 10.9 Å². The summed E-state index contributed by atoms with van der Waals surface area (Å²) >= 11 is 1.61. The lowest BCUT2D eigenvalue weighted by Gasteiger charge is -2.10. The number of rotatable bonds is 6. The van der Waals surface area contributed by atoms with Crippen LogP contribution in [0.3, 0.4) is 0 Å². The highest BCUT2D eigenvalue weighted by molar-refractivity contribution is 7.18. The molecule has 2 aromatic rings. The number of nitrogens with zero attached hydrogens (tertiary/aromatic N) is 3. The molecule has 3 N–H and O–H groups in total. The Hall–Kier alpha value is -1.44. The third kappa shape index (κ3) is 3.52. The van der Waals surface area contributed by atoms with E-state index >= 15 is 0 Å². The Morgan fingerprint density at radius 3 is 2.89 bits per heavy atom. The largest absolute Gasteiger partial charge is 0.477 e. The number of ether oxygens (including phenoxy) is 1. The topological polar surface area (TPSA) is 76.3 Å². The Morgan fingerprint density at radius 2 is 2.21 bits per heavy atom. The molecule has 0 unspecified atom stereocenters. The van der Waals surface area contributed by atoms with Crippen molar-refractivity contribution < 1.29 is 4.74 Å². The van der Waals surface area contributed by atoms with Crippen LogP contribution in [0.2, 0.25) is 0 Å². The lowest BCUT2D eigenvalue weighted by atomic mass is 10.3. The normalized spacial score (nSPS) is 11.2. The van der Waals surface area contributed by atoms with Crippen LogP contribution in [-0.2, 0) is 0 Å². The molecule has 7 heteroatoms. The smallest absolute Gasteiger partial charge is 0.241 e. The molecule has 0 aliphatic heterocycles. The zero-order valence-electron chi connectivity index (χ0n) is 11.4. The third-order valence-corrected chi connectivity index (χ3v) is 3.54. The van der Waals surface area contributed by atoms with Crippen molar-refractivity contribution in [1.82, 2.24) is 14.9 Å². The predicted octanol–water partition coefficient (Wildman–Crippen LogP) is 1.62. The monoisotopic (exact) mass is 281 g/mol. The van der Waals surface area contributed by atoms with Gasteiger partial charge in [-0.15, -0.1) is 11.3 Å². The average molecular weight is 281 g/mol. The van der Waals surface area contributed by atoms with E-state index in [4.69, 9.17) is 10.6 Å². The summed E-state index contributed by atoms with van der Waals surface area (Å²) in [6.45, 7) is 3.65. The van der Waals surface area contributed by atoms with E-state index < -0.39 is 0 Å². The van der Waals surface area contributed by atoms with Crippen LogP contribution >= 0.6 is 11.3 Å². The van der Waals surface area contributed by atoms with Crippen LogP contribution in [0, 0.1) is 6.92 Å². The molecule has 0 atom stereocenters. The lowest BCUT2D eigenvalue weighted by molar-refractivity contribution is 0.276. The fraction of sp³-hybridized carbons (Fsp3) is 0.500. The van der Waals surface area contributed by atoms with Gasteiger partial charge >= 0.3 is 0 Å². The minimum atomic E-state index is 0.386. The van der Waals surface area contributed by atoms with E-state index in [0.29, 0.717) is 18.4 Å². The molecule has 19 heavy (non-hydrogen) atoms. The van der Waals surface area contributed by atoms with Crippen LogP contribution in [0.25, 0.3) is 10.2 Å². The number of nitrogens with one attached hydrogen (secondary N) is 1. The molecule has 0 spiro atoms. The summed E-state index contributed by atoms with van der Waals surface area (Å²) in [5, 5.41) is 0.950. The number of nitrogens with two attached hydrogens (primary N) is 1. The Bertz CT molecular complexity index is 554. The van der Waals surface area contributed by atoms with Gasteiger partial charge in [-0.1, -0.05) is 0 Å². The summed E-state index contributed by atoms with van der Waals surface area (Å²) in [5.41, 5.74) is 2.47. The first kappa shape index (κ1) is 14.0. The van der Waals surface area contributed by atoms with Gasteiger partial charge in [0, 0.05) is 11.4 Å². The van der Waals surface area contributed by atoms with Crippen molar-refractivity contribution in [3.63, 3.8) is 0 Å².